The maximum atomic E-state index is 12.9. The molecule has 1 saturated heterocycles. The second-order valence-corrected chi connectivity index (χ2v) is 9.33. The third kappa shape index (κ3) is 6.31. The fourth-order valence-corrected chi connectivity index (χ4v) is 5.13. The molecule has 1 aliphatic rings. The van der Waals surface area contributed by atoms with Gasteiger partial charge in [-0.15, -0.1) is 0 Å². The number of piperidine rings is 1. The number of nitrogens with zero attached hydrogens (tertiary/aromatic N) is 1. The summed E-state index contributed by atoms with van der Waals surface area (Å²) in [5.74, 6) is -0.455. The van der Waals surface area contributed by atoms with E-state index in [2.05, 4.69) is 16.9 Å². The van der Waals surface area contributed by atoms with Crippen molar-refractivity contribution in [2.24, 2.45) is 0 Å². The Balaban J connectivity index is 1.53. The second-order valence-electron chi connectivity index (χ2n) is 7.71. The van der Waals surface area contributed by atoms with Crippen molar-refractivity contribution in [2.75, 3.05) is 17.9 Å². The van der Waals surface area contributed by atoms with E-state index in [1.54, 1.807) is 18.2 Å². The highest BCUT2D eigenvalue weighted by Crippen LogP contribution is 2.23. The molecule has 1 heterocycles. The Morgan fingerprint density at radius 2 is 1.90 bits per heavy atom. The number of unbranched alkanes of at least 4 members (excludes halogenated alkanes) is 1. The molecule has 1 fully saturated rings. The van der Waals surface area contributed by atoms with E-state index in [9.17, 15) is 13.2 Å². The van der Waals surface area contributed by atoms with E-state index in [4.69, 9.17) is 4.74 Å². The van der Waals surface area contributed by atoms with Gasteiger partial charge in [0, 0.05) is 6.54 Å². The Hall–Kier alpha value is -2.38. The van der Waals surface area contributed by atoms with Crippen molar-refractivity contribution in [3.63, 3.8) is 0 Å². The van der Waals surface area contributed by atoms with Crippen LogP contribution in [0.2, 0.25) is 0 Å². The highest BCUT2D eigenvalue weighted by atomic mass is 32.2. The van der Waals surface area contributed by atoms with Gasteiger partial charge in [0.2, 0.25) is 0 Å². The fourth-order valence-electron chi connectivity index (χ4n) is 3.69. The molecule has 1 N–H and O–H groups in total. The molecule has 0 spiro atoms. The van der Waals surface area contributed by atoms with Crippen LogP contribution in [0.25, 0.3) is 0 Å². The largest absolute Gasteiger partial charge is 0.464 e. The highest BCUT2D eigenvalue weighted by Gasteiger charge is 2.37. The van der Waals surface area contributed by atoms with Crippen LogP contribution in [0, 0.1) is 6.92 Å². The summed E-state index contributed by atoms with van der Waals surface area (Å²) in [6, 6.07) is 16.6. The minimum atomic E-state index is -3.84. The molecule has 1 aliphatic heterocycles. The van der Waals surface area contributed by atoms with Gasteiger partial charge in [-0.1, -0.05) is 42.5 Å². The van der Waals surface area contributed by atoms with Crippen molar-refractivity contribution in [2.45, 2.75) is 51.5 Å². The molecule has 0 aromatic heterocycles. The Bertz CT molecular complexity index is 931. The van der Waals surface area contributed by atoms with Gasteiger partial charge < -0.3 is 4.74 Å². The predicted molar refractivity (Wildman–Crippen MR) is 118 cm³/mol. The Kier molecular flexibility index (Phi) is 7.87. The monoisotopic (exact) mass is 430 g/mol. The zero-order valence-electron chi connectivity index (χ0n) is 17.4. The number of benzene rings is 2. The number of esters is 1. The maximum absolute atomic E-state index is 12.9. The summed E-state index contributed by atoms with van der Waals surface area (Å²) >= 11 is 0. The van der Waals surface area contributed by atoms with E-state index in [0.717, 1.165) is 37.7 Å². The first-order valence-corrected chi connectivity index (χ1v) is 12.0. The summed E-state index contributed by atoms with van der Waals surface area (Å²) in [4.78, 5) is 12.6. The molecule has 0 unspecified atom stereocenters. The normalized spacial score (nSPS) is 17.4. The van der Waals surface area contributed by atoms with Crippen LogP contribution in [0.3, 0.4) is 0 Å². The minimum Gasteiger partial charge on any atom is -0.464 e. The SMILES string of the molecule is Cc1cccc(NS(=O)(=O)N2CCCC[C@H]2C(=O)OCCCCc2ccccc2)c1. The molecule has 0 radical (unpaired) electrons. The lowest BCUT2D eigenvalue weighted by Gasteiger charge is -2.33. The van der Waals surface area contributed by atoms with Crippen molar-refractivity contribution in [1.29, 1.82) is 0 Å². The van der Waals surface area contributed by atoms with Gasteiger partial charge in [-0.2, -0.15) is 12.7 Å². The lowest BCUT2D eigenvalue weighted by Crippen LogP contribution is -2.50. The van der Waals surface area contributed by atoms with Gasteiger partial charge in [0.15, 0.2) is 0 Å². The van der Waals surface area contributed by atoms with Crippen molar-refractivity contribution in [3.05, 3.63) is 65.7 Å². The number of hydrogen-bond donors (Lipinski definition) is 1. The van der Waals surface area contributed by atoms with E-state index in [1.165, 1.54) is 9.87 Å². The van der Waals surface area contributed by atoms with E-state index in [1.807, 2.05) is 31.2 Å². The second kappa shape index (κ2) is 10.6. The lowest BCUT2D eigenvalue weighted by molar-refractivity contribution is -0.149. The summed E-state index contributed by atoms with van der Waals surface area (Å²) in [7, 11) is -3.84. The fraction of sp³-hybridized carbons (Fsp3) is 0.435. The number of carbonyl (C=O) groups excluding carboxylic acids is 1. The number of ether oxygens (including phenoxy) is 1. The molecule has 2 aromatic carbocycles. The summed E-state index contributed by atoms with van der Waals surface area (Å²) < 4.78 is 35.1. The van der Waals surface area contributed by atoms with Crippen molar-refractivity contribution in [3.8, 4) is 0 Å². The third-order valence-electron chi connectivity index (χ3n) is 5.25. The molecular weight excluding hydrogens is 400 g/mol. The van der Waals surface area contributed by atoms with Crippen LogP contribution < -0.4 is 4.72 Å². The highest BCUT2D eigenvalue weighted by molar-refractivity contribution is 7.90. The van der Waals surface area contributed by atoms with Crippen molar-refractivity contribution < 1.29 is 17.9 Å². The summed E-state index contributed by atoms with van der Waals surface area (Å²) in [5, 5.41) is 0. The van der Waals surface area contributed by atoms with Crippen LogP contribution in [-0.2, 0) is 26.2 Å². The standard InChI is InChI=1S/C23H30N2O4S/c1-19-10-9-14-21(18-19)24-30(27,28)25-16-7-5-15-22(25)23(26)29-17-8-6-13-20-11-3-2-4-12-20/h2-4,9-12,14,18,22,24H,5-8,13,15-17H2,1H3/t22-/m0/s1. The number of aryl methyl sites for hydroxylation is 2. The molecule has 7 heteroatoms. The summed E-state index contributed by atoms with van der Waals surface area (Å²) in [6.07, 6.45) is 4.63. The average molecular weight is 431 g/mol. The Morgan fingerprint density at radius 1 is 1.10 bits per heavy atom. The lowest BCUT2D eigenvalue weighted by atomic mass is 10.1. The molecule has 1 atom stereocenters. The number of carbonyl (C=O) groups is 1. The quantitative estimate of drug-likeness (QED) is 0.481. The van der Waals surface area contributed by atoms with Crippen LogP contribution >= 0.6 is 0 Å². The smallest absolute Gasteiger partial charge is 0.324 e. The number of nitrogens with one attached hydrogen (secondary N) is 1. The van der Waals surface area contributed by atoms with E-state index < -0.39 is 22.2 Å². The first-order valence-electron chi connectivity index (χ1n) is 10.5. The molecule has 0 amide bonds. The molecule has 6 nitrogen and oxygen atoms in total. The summed E-state index contributed by atoms with van der Waals surface area (Å²) in [5.41, 5.74) is 2.71. The first kappa shape index (κ1) is 22.3. The molecular formula is C23H30N2O4S. The van der Waals surface area contributed by atoms with Gasteiger partial charge in [0.05, 0.1) is 12.3 Å². The Morgan fingerprint density at radius 3 is 2.67 bits per heavy atom. The van der Waals surface area contributed by atoms with Crippen LogP contribution in [0.15, 0.2) is 54.6 Å². The first-order chi connectivity index (χ1) is 14.5. The van der Waals surface area contributed by atoms with Gasteiger partial charge in [-0.25, -0.2) is 0 Å². The van der Waals surface area contributed by atoms with Gasteiger partial charge in [0.1, 0.15) is 6.04 Å². The van der Waals surface area contributed by atoms with Crippen LogP contribution in [0.1, 0.15) is 43.2 Å². The summed E-state index contributed by atoms with van der Waals surface area (Å²) in [6.45, 7) is 2.52. The van der Waals surface area contributed by atoms with E-state index >= 15 is 0 Å². The third-order valence-corrected chi connectivity index (χ3v) is 6.79. The molecule has 30 heavy (non-hydrogen) atoms. The molecule has 0 bridgehead atoms. The topological polar surface area (TPSA) is 75.7 Å². The van der Waals surface area contributed by atoms with Gasteiger partial charge in [-0.3, -0.25) is 9.52 Å². The number of hydrogen-bond acceptors (Lipinski definition) is 4. The molecule has 0 aliphatic carbocycles. The predicted octanol–water partition coefficient (Wildman–Crippen LogP) is 4.07. The van der Waals surface area contributed by atoms with E-state index in [-0.39, 0.29) is 0 Å². The van der Waals surface area contributed by atoms with Crippen LogP contribution in [-0.4, -0.2) is 37.9 Å². The van der Waals surface area contributed by atoms with Crippen LogP contribution in [0.5, 0.6) is 0 Å². The number of anilines is 1. The number of rotatable bonds is 9. The maximum Gasteiger partial charge on any atom is 0.324 e. The molecule has 2 aromatic rings. The van der Waals surface area contributed by atoms with Gasteiger partial charge >= 0.3 is 16.2 Å². The average Bonchev–Trinajstić information content (AvgIpc) is 2.74. The van der Waals surface area contributed by atoms with Crippen molar-refractivity contribution in [1.82, 2.24) is 4.31 Å². The van der Waals surface area contributed by atoms with Crippen molar-refractivity contribution >= 4 is 21.9 Å². The molecule has 0 saturated carbocycles. The van der Waals surface area contributed by atoms with Gasteiger partial charge in [-0.05, 0) is 68.7 Å². The van der Waals surface area contributed by atoms with Crippen LogP contribution in [0.4, 0.5) is 5.69 Å². The minimum absolute atomic E-state index is 0.307. The zero-order chi connectivity index (χ0) is 21.4. The van der Waals surface area contributed by atoms with E-state index in [0.29, 0.717) is 25.3 Å². The molecule has 162 valence electrons. The molecule has 3 rings (SSSR count). The zero-order valence-corrected chi connectivity index (χ0v) is 18.2. The Labute approximate surface area is 179 Å². The van der Waals surface area contributed by atoms with Gasteiger partial charge in [0.25, 0.3) is 0 Å².